The van der Waals surface area contributed by atoms with Crippen molar-refractivity contribution in [3.8, 4) is 5.75 Å². The number of carbonyl (C=O) groups is 2. The maximum atomic E-state index is 12.6. The highest BCUT2D eigenvalue weighted by Crippen LogP contribution is 2.21. The predicted molar refractivity (Wildman–Crippen MR) is 125 cm³/mol. The molecule has 32 heavy (non-hydrogen) atoms. The molecule has 0 radical (unpaired) electrons. The Morgan fingerprint density at radius 3 is 2.72 bits per heavy atom. The molecule has 0 fully saturated rings. The molecule has 0 bridgehead atoms. The van der Waals surface area contributed by atoms with Gasteiger partial charge < -0.3 is 9.64 Å². The second-order valence-electron chi connectivity index (χ2n) is 7.36. The van der Waals surface area contributed by atoms with E-state index in [9.17, 15) is 9.59 Å². The molecule has 1 aromatic heterocycles. The van der Waals surface area contributed by atoms with Crippen molar-refractivity contribution in [1.29, 1.82) is 0 Å². The second kappa shape index (κ2) is 10.3. The topological polar surface area (TPSA) is 84.4 Å². The van der Waals surface area contributed by atoms with E-state index in [1.54, 1.807) is 42.2 Å². The number of nitrogens with zero attached hydrogens (tertiary/aromatic N) is 3. The van der Waals surface area contributed by atoms with Gasteiger partial charge in [-0.25, -0.2) is 9.97 Å². The third-order valence-corrected chi connectivity index (χ3v) is 6.19. The van der Waals surface area contributed by atoms with Crippen LogP contribution in [0.5, 0.6) is 5.75 Å². The first-order valence-electron chi connectivity index (χ1n) is 10.3. The fourth-order valence-corrected chi connectivity index (χ4v) is 4.40. The molecular weight excluding hydrogens is 424 g/mol. The molecular formula is C24H24N4O3S. The van der Waals surface area contributed by atoms with E-state index in [-0.39, 0.29) is 17.8 Å². The average molecular weight is 449 g/mol. The molecule has 2 amide bonds. The zero-order valence-corrected chi connectivity index (χ0v) is 18.6. The van der Waals surface area contributed by atoms with Crippen molar-refractivity contribution < 1.29 is 14.3 Å². The third kappa shape index (κ3) is 5.26. The van der Waals surface area contributed by atoms with Crippen molar-refractivity contribution in [2.45, 2.75) is 18.7 Å². The molecule has 2 aromatic carbocycles. The van der Waals surface area contributed by atoms with Gasteiger partial charge in [-0.3, -0.25) is 14.9 Å². The summed E-state index contributed by atoms with van der Waals surface area (Å²) in [6, 6.07) is 17.1. The Balaban J connectivity index is 1.34. The fourth-order valence-electron chi connectivity index (χ4n) is 3.51. The first-order valence-corrected chi connectivity index (χ1v) is 11.5. The van der Waals surface area contributed by atoms with Gasteiger partial charge in [0.05, 0.1) is 24.1 Å². The minimum Gasteiger partial charge on any atom is -0.496 e. The maximum Gasteiger partial charge on any atom is 0.261 e. The van der Waals surface area contributed by atoms with Gasteiger partial charge in [-0.05, 0) is 17.7 Å². The molecule has 0 saturated heterocycles. The van der Waals surface area contributed by atoms with Crippen molar-refractivity contribution in [2.24, 2.45) is 0 Å². The van der Waals surface area contributed by atoms with E-state index in [1.807, 2.05) is 23.1 Å². The number of carbonyl (C=O) groups excluding carboxylic acids is 2. The van der Waals surface area contributed by atoms with Crippen LogP contribution in [0.3, 0.4) is 0 Å². The van der Waals surface area contributed by atoms with Gasteiger partial charge in [0.1, 0.15) is 5.75 Å². The molecule has 3 aromatic rings. The quantitative estimate of drug-likeness (QED) is 0.595. The number of thioether (sulfide) groups is 1. The van der Waals surface area contributed by atoms with E-state index >= 15 is 0 Å². The van der Waals surface area contributed by atoms with Gasteiger partial charge in [-0.15, -0.1) is 11.8 Å². The van der Waals surface area contributed by atoms with Crippen LogP contribution in [0.2, 0.25) is 0 Å². The third-order valence-electron chi connectivity index (χ3n) is 5.20. The van der Waals surface area contributed by atoms with Crippen LogP contribution in [0.4, 0.5) is 5.95 Å². The number of hydrogen-bond acceptors (Lipinski definition) is 6. The van der Waals surface area contributed by atoms with Crippen LogP contribution in [0, 0.1) is 0 Å². The number of anilines is 1. The van der Waals surface area contributed by atoms with Crippen LogP contribution >= 0.6 is 11.8 Å². The number of rotatable bonds is 7. The first kappa shape index (κ1) is 21.8. The Hall–Kier alpha value is -3.39. The lowest BCUT2D eigenvalue weighted by Gasteiger charge is -2.28. The Morgan fingerprint density at radius 1 is 1.12 bits per heavy atom. The van der Waals surface area contributed by atoms with Gasteiger partial charge in [-0.2, -0.15) is 0 Å². The summed E-state index contributed by atoms with van der Waals surface area (Å²) in [4.78, 5) is 35.8. The minimum absolute atomic E-state index is 0.116. The molecule has 7 nitrogen and oxygen atoms in total. The van der Waals surface area contributed by atoms with Crippen molar-refractivity contribution in [3.63, 3.8) is 0 Å². The smallest absolute Gasteiger partial charge is 0.261 e. The Morgan fingerprint density at radius 2 is 1.91 bits per heavy atom. The van der Waals surface area contributed by atoms with E-state index in [0.29, 0.717) is 36.6 Å². The molecule has 0 unspecified atom stereocenters. The monoisotopic (exact) mass is 448 g/mol. The number of amides is 2. The lowest BCUT2D eigenvalue weighted by molar-refractivity contribution is -0.129. The van der Waals surface area contributed by atoms with Gasteiger partial charge in [-0.1, -0.05) is 42.5 Å². The van der Waals surface area contributed by atoms with E-state index in [2.05, 4.69) is 27.4 Å². The van der Waals surface area contributed by atoms with Gasteiger partial charge >= 0.3 is 0 Å². The molecule has 0 saturated carbocycles. The summed E-state index contributed by atoms with van der Waals surface area (Å²) in [5.41, 5.74) is 3.40. The lowest BCUT2D eigenvalue weighted by atomic mass is 10.1. The van der Waals surface area contributed by atoms with Crippen LogP contribution in [-0.2, 0) is 23.5 Å². The number of benzene rings is 2. The molecule has 0 aliphatic carbocycles. The van der Waals surface area contributed by atoms with Gasteiger partial charge in [0, 0.05) is 37.0 Å². The molecule has 2 heterocycles. The van der Waals surface area contributed by atoms with Crippen molar-refractivity contribution in [3.05, 3.63) is 83.2 Å². The summed E-state index contributed by atoms with van der Waals surface area (Å²) in [7, 11) is 1.52. The Bertz CT molecular complexity index is 1110. The van der Waals surface area contributed by atoms with Gasteiger partial charge in [0.15, 0.2) is 0 Å². The van der Waals surface area contributed by atoms with E-state index in [4.69, 9.17) is 4.74 Å². The number of nitrogens with one attached hydrogen (secondary N) is 1. The summed E-state index contributed by atoms with van der Waals surface area (Å²) < 4.78 is 5.24. The predicted octanol–water partition coefficient (Wildman–Crippen LogP) is 3.56. The molecule has 1 N–H and O–H groups in total. The number of fused-ring (bicyclic) bond motifs is 1. The largest absolute Gasteiger partial charge is 0.496 e. The maximum absolute atomic E-state index is 12.6. The van der Waals surface area contributed by atoms with Crippen molar-refractivity contribution >= 4 is 29.5 Å². The Labute approximate surface area is 191 Å². The molecule has 0 atom stereocenters. The first-order chi connectivity index (χ1) is 15.6. The van der Waals surface area contributed by atoms with E-state index in [1.165, 1.54) is 12.7 Å². The summed E-state index contributed by atoms with van der Waals surface area (Å²) in [5, 5.41) is 2.74. The van der Waals surface area contributed by atoms with Crippen LogP contribution < -0.4 is 10.1 Å². The van der Waals surface area contributed by atoms with Crippen molar-refractivity contribution in [2.75, 3.05) is 24.7 Å². The van der Waals surface area contributed by atoms with E-state index in [0.717, 1.165) is 17.0 Å². The number of ether oxygens (including phenoxy) is 1. The van der Waals surface area contributed by atoms with Crippen molar-refractivity contribution in [1.82, 2.24) is 14.9 Å². The Kier molecular flexibility index (Phi) is 7.01. The highest BCUT2D eigenvalue weighted by Gasteiger charge is 2.23. The summed E-state index contributed by atoms with van der Waals surface area (Å²) >= 11 is 1.62. The van der Waals surface area contributed by atoms with Crippen LogP contribution in [0.1, 0.15) is 27.2 Å². The normalized spacial score (nSPS) is 12.7. The molecule has 164 valence electrons. The van der Waals surface area contributed by atoms with Gasteiger partial charge in [0.2, 0.25) is 11.9 Å². The number of methoxy groups -OCH3 is 1. The molecule has 1 aliphatic rings. The zero-order valence-electron chi connectivity index (χ0n) is 17.8. The zero-order chi connectivity index (χ0) is 22.3. The SMILES string of the molecule is COc1ccccc1C(=O)Nc1ncc2c(n1)CCN(C(=O)CSCc1ccccc1)C2. The number of aromatic nitrogens is 2. The fraction of sp³-hybridized carbons (Fsp3) is 0.250. The molecule has 1 aliphatic heterocycles. The molecule has 0 spiro atoms. The lowest BCUT2D eigenvalue weighted by Crippen LogP contribution is -2.37. The van der Waals surface area contributed by atoms with Gasteiger partial charge in [0.25, 0.3) is 5.91 Å². The van der Waals surface area contributed by atoms with Crippen LogP contribution in [-0.4, -0.2) is 46.1 Å². The average Bonchev–Trinajstić information content (AvgIpc) is 2.84. The standard InChI is InChI=1S/C24H24N4O3S/c1-31-21-10-6-5-9-19(21)23(30)27-24-25-13-18-14-28(12-11-20(18)26-24)22(29)16-32-15-17-7-3-2-4-8-17/h2-10,13H,11-12,14-16H2,1H3,(H,25,26,27,30). The summed E-state index contributed by atoms with van der Waals surface area (Å²) in [6.07, 6.45) is 2.32. The van der Waals surface area contributed by atoms with Crippen LogP contribution in [0.15, 0.2) is 60.8 Å². The van der Waals surface area contributed by atoms with E-state index < -0.39 is 0 Å². The summed E-state index contributed by atoms with van der Waals surface area (Å²) in [5.74, 6) is 1.78. The minimum atomic E-state index is -0.328. The second-order valence-corrected chi connectivity index (χ2v) is 8.35. The van der Waals surface area contributed by atoms with Crippen LogP contribution in [0.25, 0.3) is 0 Å². The molecule has 8 heteroatoms. The highest BCUT2D eigenvalue weighted by atomic mass is 32.2. The summed E-state index contributed by atoms with van der Waals surface area (Å²) in [6.45, 7) is 1.09. The molecule has 4 rings (SSSR count). The number of para-hydroxylation sites is 1. The number of hydrogen-bond donors (Lipinski definition) is 1. The highest BCUT2D eigenvalue weighted by molar-refractivity contribution is 7.99.